The largest absolute Gasteiger partial charge is 0.384 e. The lowest BCUT2D eigenvalue weighted by Gasteiger charge is -2.13. The van der Waals surface area contributed by atoms with Gasteiger partial charge in [-0.15, -0.1) is 0 Å². The molecule has 88 valence electrons. The lowest BCUT2D eigenvalue weighted by Crippen LogP contribution is -2.05. The third kappa shape index (κ3) is 2.38. The Balaban J connectivity index is 2.40. The molecule has 17 heavy (non-hydrogen) atoms. The van der Waals surface area contributed by atoms with E-state index in [1.165, 1.54) is 18.3 Å². The van der Waals surface area contributed by atoms with E-state index >= 15 is 0 Å². The van der Waals surface area contributed by atoms with Crippen molar-refractivity contribution >= 4 is 17.4 Å². The van der Waals surface area contributed by atoms with Crippen LogP contribution in [-0.2, 0) is 0 Å². The van der Waals surface area contributed by atoms with Gasteiger partial charge in [-0.25, -0.2) is 9.37 Å². The number of nitrogens with two attached hydrogens (primary N) is 1. The molecule has 3 nitrogen and oxygen atoms in total. The number of rotatable bonds is 2. The molecule has 0 radical (unpaired) electrons. The molecule has 0 saturated carbocycles. The van der Waals surface area contributed by atoms with E-state index in [1.54, 1.807) is 18.2 Å². The van der Waals surface area contributed by atoms with Gasteiger partial charge in [-0.05, 0) is 23.8 Å². The second-order valence-electron chi connectivity index (χ2n) is 3.55. The number of aliphatic hydroxyl groups is 1. The van der Waals surface area contributed by atoms with E-state index in [9.17, 15) is 9.50 Å². The first kappa shape index (κ1) is 11.8. The normalized spacial score (nSPS) is 12.4. The summed E-state index contributed by atoms with van der Waals surface area (Å²) < 4.78 is 13.3. The van der Waals surface area contributed by atoms with Crippen molar-refractivity contribution < 1.29 is 9.50 Å². The van der Waals surface area contributed by atoms with Crippen molar-refractivity contribution in [3.05, 3.63) is 58.5 Å². The molecule has 0 aliphatic carbocycles. The molecule has 0 aliphatic heterocycles. The molecule has 0 spiro atoms. The highest BCUT2D eigenvalue weighted by molar-refractivity contribution is 6.30. The van der Waals surface area contributed by atoms with Gasteiger partial charge in [0.05, 0.1) is 5.02 Å². The zero-order valence-electron chi connectivity index (χ0n) is 8.77. The minimum atomic E-state index is -1.02. The van der Waals surface area contributed by atoms with Gasteiger partial charge in [-0.2, -0.15) is 0 Å². The molecule has 0 bridgehead atoms. The number of aromatic nitrogens is 1. The smallest absolute Gasteiger partial charge is 0.142 e. The first-order valence-electron chi connectivity index (χ1n) is 4.93. The molecule has 0 saturated heterocycles. The summed E-state index contributed by atoms with van der Waals surface area (Å²) in [6.07, 6.45) is 0.504. The summed E-state index contributed by atoms with van der Waals surface area (Å²) in [4.78, 5) is 3.86. The number of anilines is 1. The summed E-state index contributed by atoms with van der Waals surface area (Å²) in [5.74, 6) is -0.360. The average Bonchev–Trinajstić information content (AvgIpc) is 2.32. The molecule has 2 rings (SSSR count). The number of pyridine rings is 1. The monoisotopic (exact) mass is 252 g/mol. The minimum absolute atomic E-state index is 0.0140. The van der Waals surface area contributed by atoms with E-state index in [2.05, 4.69) is 4.98 Å². The van der Waals surface area contributed by atoms with Crippen molar-refractivity contribution in [2.75, 3.05) is 5.73 Å². The van der Waals surface area contributed by atoms with Crippen molar-refractivity contribution in [3.63, 3.8) is 0 Å². The third-order valence-corrected chi connectivity index (χ3v) is 2.73. The summed E-state index contributed by atoms with van der Waals surface area (Å²) >= 11 is 5.57. The van der Waals surface area contributed by atoms with Gasteiger partial charge in [-0.3, -0.25) is 0 Å². The molecule has 1 aromatic heterocycles. The number of hydrogen-bond donors (Lipinski definition) is 2. The summed E-state index contributed by atoms with van der Waals surface area (Å²) in [6.45, 7) is 0. The highest BCUT2D eigenvalue weighted by atomic mass is 35.5. The van der Waals surface area contributed by atoms with Crippen LogP contribution in [-0.4, -0.2) is 10.1 Å². The molecule has 5 heteroatoms. The van der Waals surface area contributed by atoms with Crippen LogP contribution in [0.5, 0.6) is 0 Å². The van der Waals surface area contributed by atoms with Crippen LogP contribution in [0.1, 0.15) is 17.2 Å². The van der Waals surface area contributed by atoms with Gasteiger partial charge in [0.25, 0.3) is 0 Å². The van der Waals surface area contributed by atoms with Crippen molar-refractivity contribution in [2.24, 2.45) is 0 Å². The lowest BCUT2D eigenvalue weighted by atomic mass is 10.0. The van der Waals surface area contributed by atoms with E-state index < -0.39 is 11.9 Å². The Morgan fingerprint density at radius 1 is 1.35 bits per heavy atom. The average molecular weight is 253 g/mol. The second kappa shape index (κ2) is 4.69. The Morgan fingerprint density at radius 2 is 2.12 bits per heavy atom. The van der Waals surface area contributed by atoms with Gasteiger partial charge < -0.3 is 10.8 Å². The van der Waals surface area contributed by atoms with Gasteiger partial charge >= 0.3 is 0 Å². The first-order chi connectivity index (χ1) is 8.09. The Kier molecular flexibility index (Phi) is 3.26. The van der Waals surface area contributed by atoms with Crippen LogP contribution < -0.4 is 5.73 Å². The number of hydrogen-bond acceptors (Lipinski definition) is 3. The maximum atomic E-state index is 13.3. The minimum Gasteiger partial charge on any atom is -0.384 e. The Labute approximate surface area is 103 Å². The highest BCUT2D eigenvalue weighted by Gasteiger charge is 2.15. The maximum Gasteiger partial charge on any atom is 0.142 e. The molecule has 1 unspecified atom stereocenters. The molecular formula is C12H10ClFN2O. The standard InChI is InChI=1S/C12H10ClFN2O/c13-9-4-3-7(6-10(9)14)11(17)8-2-1-5-16-12(8)15/h1-6,11,17H,(H2,15,16). The van der Waals surface area contributed by atoms with Crippen molar-refractivity contribution in [1.82, 2.24) is 4.98 Å². The summed E-state index contributed by atoms with van der Waals surface area (Å²) in [5, 5.41) is 10.1. The third-order valence-electron chi connectivity index (χ3n) is 2.43. The van der Waals surface area contributed by atoms with Crippen LogP contribution in [0, 0.1) is 5.82 Å². The van der Waals surface area contributed by atoms with Crippen molar-refractivity contribution in [1.29, 1.82) is 0 Å². The van der Waals surface area contributed by atoms with Gasteiger partial charge in [-0.1, -0.05) is 23.7 Å². The van der Waals surface area contributed by atoms with Crippen LogP contribution >= 0.6 is 11.6 Å². The van der Waals surface area contributed by atoms with E-state index in [-0.39, 0.29) is 10.8 Å². The zero-order chi connectivity index (χ0) is 12.4. The predicted octanol–water partition coefficient (Wildman–Crippen LogP) is 2.54. The van der Waals surface area contributed by atoms with Crippen LogP contribution in [0.4, 0.5) is 10.2 Å². The summed E-state index contributed by atoms with van der Waals surface area (Å²) in [7, 11) is 0. The van der Waals surface area contributed by atoms with Crippen molar-refractivity contribution in [2.45, 2.75) is 6.10 Å². The van der Waals surface area contributed by atoms with Crippen LogP contribution in [0.3, 0.4) is 0 Å². The number of nitrogen functional groups attached to an aromatic ring is 1. The molecule has 1 heterocycles. The predicted molar refractivity (Wildman–Crippen MR) is 64.1 cm³/mol. The molecule has 0 fully saturated rings. The lowest BCUT2D eigenvalue weighted by molar-refractivity contribution is 0.220. The maximum absolute atomic E-state index is 13.3. The van der Waals surface area contributed by atoms with Gasteiger partial charge in [0.1, 0.15) is 17.7 Å². The second-order valence-corrected chi connectivity index (χ2v) is 3.96. The SMILES string of the molecule is Nc1ncccc1C(O)c1ccc(Cl)c(F)c1. The van der Waals surface area contributed by atoms with Crippen LogP contribution in [0.2, 0.25) is 5.02 Å². The van der Waals surface area contributed by atoms with E-state index in [4.69, 9.17) is 17.3 Å². The van der Waals surface area contributed by atoms with E-state index in [0.29, 0.717) is 11.1 Å². The Morgan fingerprint density at radius 3 is 2.76 bits per heavy atom. The van der Waals surface area contributed by atoms with Crippen molar-refractivity contribution in [3.8, 4) is 0 Å². The van der Waals surface area contributed by atoms with Crippen LogP contribution in [0.15, 0.2) is 36.5 Å². The Bertz CT molecular complexity index is 548. The summed E-state index contributed by atoms with van der Waals surface area (Å²) in [6, 6.07) is 7.41. The van der Waals surface area contributed by atoms with Gasteiger partial charge in [0, 0.05) is 11.8 Å². The number of aliphatic hydroxyl groups excluding tert-OH is 1. The fraction of sp³-hybridized carbons (Fsp3) is 0.0833. The number of nitrogens with zero attached hydrogens (tertiary/aromatic N) is 1. The number of benzene rings is 1. The fourth-order valence-corrected chi connectivity index (χ4v) is 1.64. The first-order valence-corrected chi connectivity index (χ1v) is 5.31. The molecule has 0 amide bonds. The molecule has 1 atom stereocenters. The molecule has 3 N–H and O–H groups in total. The topological polar surface area (TPSA) is 59.1 Å². The molecular weight excluding hydrogens is 243 g/mol. The zero-order valence-corrected chi connectivity index (χ0v) is 9.53. The number of halogens is 2. The van der Waals surface area contributed by atoms with Gasteiger partial charge in [0.15, 0.2) is 0 Å². The quantitative estimate of drug-likeness (QED) is 0.864. The van der Waals surface area contributed by atoms with Gasteiger partial charge in [0.2, 0.25) is 0 Å². The fourth-order valence-electron chi connectivity index (χ4n) is 1.52. The van der Waals surface area contributed by atoms with E-state index in [1.807, 2.05) is 0 Å². The van der Waals surface area contributed by atoms with Crippen LogP contribution in [0.25, 0.3) is 0 Å². The summed E-state index contributed by atoms with van der Waals surface area (Å²) in [5.41, 5.74) is 6.46. The Hall–Kier alpha value is -1.65. The van der Waals surface area contributed by atoms with E-state index in [0.717, 1.165) is 0 Å². The highest BCUT2D eigenvalue weighted by Crippen LogP contribution is 2.27. The molecule has 1 aromatic carbocycles. The molecule has 2 aromatic rings. The molecule has 0 aliphatic rings.